The van der Waals surface area contributed by atoms with Gasteiger partial charge in [0, 0.05) is 0 Å². The minimum Gasteiger partial charge on any atom is -0.319 e. The van der Waals surface area contributed by atoms with E-state index in [2.05, 4.69) is 15.4 Å². The van der Waals surface area contributed by atoms with Crippen molar-refractivity contribution in [3.63, 3.8) is 0 Å². The van der Waals surface area contributed by atoms with Crippen molar-refractivity contribution in [3.8, 4) is 0 Å². The standard InChI is InChI=1S/C6H5N3.CH4O4/c1-2-4-6-5(3-1)7-9-8-6;2-1(3,4)5/h1-4H,(H,7,8,9);2-5H. The fourth-order valence-corrected chi connectivity index (χ4v) is 0.786. The summed E-state index contributed by atoms with van der Waals surface area (Å²) in [5.41, 5.74) is 1.83. The predicted molar refractivity (Wildman–Crippen MR) is 45.5 cm³/mol. The van der Waals surface area contributed by atoms with Crippen LogP contribution in [-0.4, -0.2) is 42.0 Å². The number of H-pyrrole nitrogens is 1. The molecule has 0 bridgehead atoms. The van der Waals surface area contributed by atoms with Crippen LogP contribution in [0.4, 0.5) is 0 Å². The maximum Gasteiger partial charge on any atom is 0.402 e. The molecule has 1 aromatic heterocycles. The Morgan fingerprint density at radius 1 is 0.929 bits per heavy atom. The lowest BCUT2D eigenvalue weighted by Gasteiger charge is -1.99. The van der Waals surface area contributed by atoms with Crippen LogP contribution in [0.1, 0.15) is 0 Å². The molecule has 0 spiro atoms. The summed E-state index contributed by atoms with van der Waals surface area (Å²) in [5.74, 6) is 0. The van der Waals surface area contributed by atoms with Gasteiger partial charge in [0.05, 0.1) is 0 Å². The van der Waals surface area contributed by atoms with E-state index in [4.69, 9.17) is 20.4 Å². The van der Waals surface area contributed by atoms with Gasteiger partial charge < -0.3 is 20.4 Å². The molecule has 0 amide bonds. The molecule has 7 nitrogen and oxygen atoms in total. The van der Waals surface area contributed by atoms with Gasteiger partial charge in [0.2, 0.25) is 0 Å². The Hall–Kier alpha value is -1.54. The van der Waals surface area contributed by atoms with Crippen LogP contribution in [0.5, 0.6) is 0 Å². The smallest absolute Gasteiger partial charge is 0.319 e. The first-order valence-corrected chi connectivity index (χ1v) is 3.62. The van der Waals surface area contributed by atoms with Gasteiger partial charge in [0.25, 0.3) is 0 Å². The summed E-state index contributed by atoms with van der Waals surface area (Å²) in [6.45, 7) is 0. The quantitative estimate of drug-likeness (QED) is 0.330. The molecule has 14 heavy (non-hydrogen) atoms. The summed E-state index contributed by atoms with van der Waals surface area (Å²) >= 11 is 0. The molecule has 0 unspecified atom stereocenters. The number of aromatic nitrogens is 3. The average molecular weight is 199 g/mol. The number of rotatable bonds is 0. The topological polar surface area (TPSA) is 122 Å². The van der Waals surface area contributed by atoms with E-state index in [0.717, 1.165) is 11.0 Å². The van der Waals surface area contributed by atoms with Crippen LogP contribution < -0.4 is 0 Å². The van der Waals surface area contributed by atoms with Crippen molar-refractivity contribution in [3.05, 3.63) is 24.3 Å². The monoisotopic (exact) mass is 199 g/mol. The van der Waals surface area contributed by atoms with Gasteiger partial charge in [0.1, 0.15) is 11.0 Å². The van der Waals surface area contributed by atoms with Crippen molar-refractivity contribution in [1.82, 2.24) is 15.4 Å². The molecule has 0 fully saturated rings. The Kier molecular flexibility index (Phi) is 3.10. The number of aliphatic hydroxyl groups is 4. The van der Waals surface area contributed by atoms with Gasteiger partial charge in [-0.1, -0.05) is 12.1 Å². The van der Waals surface area contributed by atoms with Crippen molar-refractivity contribution < 1.29 is 20.4 Å². The van der Waals surface area contributed by atoms with E-state index in [1.807, 2.05) is 24.3 Å². The summed E-state index contributed by atoms with van der Waals surface area (Å²) in [7, 11) is 0. The zero-order valence-electron chi connectivity index (χ0n) is 6.99. The second-order valence-electron chi connectivity index (χ2n) is 2.41. The molecule has 0 saturated heterocycles. The largest absolute Gasteiger partial charge is 0.402 e. The average Bonchev–Trinajstić information content (AvgIpc) is 2.47. The van der Waals surface area contributed by atoms with Gasteiger partial charge in [-0.3, -0.25) is 0 Å². The fraction of sp³-hybridized carbons (Fsp3) is 0.143. The summed E-state index contributed by atoms with van der Waals surface area (Å²) < 4.78 is 0. The van der Waals surface area contributed by atoms with Gasteiger partial charge in [0.15, 0.2) is 0 Å². The van der Waals surface area contributed by atoms with Crippen LogP contribution in [0.3, 0.4) is 0 Å². The third-order valence-electron chi connectivity index (χ3n) is 1.22. The fourth-order valence-electron chi connectivity index (χ4n) is 0.786. The molecule has 0 aliphatic heterocycles. The molecule has 5 N–H and O–H groups in total. The molecule has 0 aliphatic rings. The molecule has 0 saturated carbocycles. The summed E-state index contributed by atoms with van der Waals surface area (Å²) in [4.78, 5) is 0. The van der Waals surface area contributed by atoms with Gasteiger partial charge in [-0.2, -0.15) is 15.4 Å². The lowest BCUT2D eigenvalue weighted by Crippen LogP contribution is -2.25. The third kappa shape index (κ3) is 3.92. The number of para-hydroxylation sites is 2. The van der Waals surface area contributed by atoms with E-state index in [0.29, 0.717) is 0 Å². The molecule has 0 aliphatic carbocycles. The van der Waals surface area contributed by atoms with Crippen molar-refractivity contribution in [2.75, 3.05) is 0 Å². The SMILES string of the molecule is OC(O)(O)O.c1ccc2n[nH]nc2c1. The lowest BCUT2D eigenvalue weighted by atomic mass is 10.3. The van der Waals surface area contributed by atoms with Crippen LogP contribution >= 0.6 is 0 Å². The Labute approximate surface area is 78.2 Å². The van der Waals surface area contributed by atoms with Gasteiger partial charge >= 0.3 is 6.16 Å². The molecule has 2 rings (SSSR count). The number of benzene rings is 1. The van der Waals surface area contributed by atoms with E-state index < -0.39 is 6.16 Å². The molecular weight excluding hydrogens is 190 g/mol. The van der Waals surface area contributed by atoms with E-state index in [-0.39, 0.29) is 0 Å². The third-order valence-corrected chi connectivity index (χ3v) is 1.22. The number of hydrogen-bond donors (Lipinski definition) is 5. The highest BCUT2D eigenvalue weighted by Crippen LogP contribution is 2.03. The van der Waals surface area contributed by atoms with E-state index >= 15 is 0 Å². The zero-order chi connectivity index (χ0) is 10.6. The highest BCUT2D eigenvalue weighted by Gasteiger charge is 2.07. The highest BCUT2D eigenvalue weighted by atomic mass is 16.8. The molecule has 2 aromatic rings. The maximum absolute atomic E-state index is 7.19. The maximum atomic E-state index is 7.19. The summed E-state index contributed by atoms with van der Waals surface area (Å²) in [5, 5.41) is 39.1. The van der Waals surface area contributed by atoms with Crippen LogP contribution in [0, 0.1) is 0 Å². The van der Waals surface area contributed by atoms with Crippen molar-refractivity contribution in [2.45, 2.75) is 6.16 Å². The van der Waals surface area contributed by atoms with Crippen molar-refractivity contribution in [2.24, 2.45) is 0 Å². The Morgan fingerprint density at radius 2 is 1.29 bits per heavy atom. The first-order chi connectivity index (χ1) is 6.47. The minimum atomic E-state index is -3.50. The second kappa shape index (κ2) is 4.11. The molecule has 1 aromatic carbocycles. The van der Waals surface area contributed by atoms with Gasteiger partial charge in [-0.15, -0.1) is 0 Å². The normalized spacial score (nSPS) is 10.9. The van der Waals surface area contributed by atoms with E-state index in [1.165, 1.54) is 0 Å². The number of nitrogens with zero attached hydrogens (tertiary/aromatic N) is 2. The van der Waals surface area contributed by atoms with E-state index in [9.17, 15) is 0 Å². The molecule has 76 valence electrons. The highest BCUT2D eigenvalue weighted by molar-refractivity contribution is 5.72. The van der Waals surface area contributed by atoms with Crippen LogP contribution in [-0.2, 0) is 0 Å². The number of nitrogens with one attached hydrogen (secondary N) is 1. The first kappa shape index (κ1) is 10.5. The number of aromatic amines is 1. The molecular formula is C7H9N3O4. The van der Waals surface area contributed by atoms with Crippen LogP contribution in [0.15, 0.2) is 24.3 Å². The zero-order valence-corrected chi connectivity index (χ0v) is 6.99. The molecule has 7 heteroatoms. The van der Waals surface area contributed by atoms with Crippen LogP contribution in [0.2, 0.25) is 0 Å². The van der Waals surface area contributed by atoms with Crippen LogP contribution in [0.25, 0.3) is 11.0 Å². The van der Waals surface area contributed by atoms with Crippen molar-refractivity contribution in [1.29, 1.82) is 0 Å². The molecule has 0 atom stereocenters. The first-order valence-electron chi connectivity index (χ1n) is 3.62. The van der Waals surface area contributed by atoms with E-state index in [1.54, 1.807) is 0 Å². The Bertz CT molecular complexity index is 359. The number of fused-ring (bicyclic) bond motifs is 1. The molecule has 1 heterocycles. The van der Waals surface area contributed by atoms with Crippen molar-refractivity contribution >= 4 is 11.0 Å². The predicted octanol–water partition coefficient (Wildman–Crippen LogP) is -1.48. The Balaban J connectivity index is 0.000000171. The minimum absolute atomic E-state index is 0.914. The van der Waals surface area contributed by atoms with Gasteiger partial charge in [-0.25, -0.2) is 0 Å². The van der Waals surface area contributed by atoms with Gasteiger partial charge in [-0.05, 0) is 12.1 Å². The molecule has 0 radical (unpaired) electrons. The summed E-state index contributed by atoms with van der Waals surface area (Å²) in [6, 6.07) is 7.70. The summed E-state index contributed by atoms with van der Waals surface area (Å²) in [6.07, 6.45) is -3.50. The second-order valence-corrected chi connectivity index (χ2v) is 2.41. The lowest BCUT2D eigenvalue weighted by molar-refractivity contribution is -0.436. The number of hydrogen-bond acceptors (Lipinski definition) is 6. The Morgan fingerprint density at radius 3 is 1.64 bits per heavy atom.